The Morgan fingerprint density at radius 3 is 1.67 bits per heavy atom. The maximum absolute atomic E-state index is 11.5. The van der Waals surface area contributed by atoms with Gasteiger partial charge in [0, 0.05) is 17.5 Å². The van der Waals surface area contributed by atoms with Gasteiger partial charge in [-0.05, 0) is 73.0 Å². The van der Waals surface area contributed by atoms with Crippen molar-refractivity contribution in [3.05, 3.63) is 131 Å². The second-order valence-electron chi connectivity index (χ2n) is 11.4. The molecule has 0 unspecified atom stereocenters. The van der Waals surface area contributed by atoms with Gasteiger partial charge in [0.1, 0.15) is 15.7 Å². The summed E-state index contributed by atoms with van der Waals surface area (Å²) in [6.07, 6.45) is 14.0. The molecule has 0 spiro atoms. The van der Waals surface area contributed by atoms with Crippen molar-refractivity contribution in [3.8, 4) is 0 Å². The summed E-state index contributed by atoms with van der Waals surface area (Å²) < 4.78 is 37.9. The first-order valence-electron chi connectivity index (χ1n) is 16.3. The van der Waals surface area contributed by atoms with Crippen LogP contribution in [0.4, 0.5) is 0 Å². The third-order valence-electron chi connectivity index (χ3n) is 7.82. The third kappa shape index (κ3) is 11.3. The van der Waals surface area contributed by atoms with Crippen molar-refractivity contribution in [2.24, 2.45) is 0 Å². The lowest BCUT2D eigenvalue weighted by Gasteiger charge is -2.08. The molecular weight excluding hydrogens is 613 g/mol. The Morgan fingerprint density at radius 1 is 0.609 bits per heavy atom. The number of benzene rings is 4. The fourth-order valence-corrected chi connectivity index (χ4v) is 7.90. The maximum atomic E-state index is 11.5. The molecule has 5 aromatic rings. The van der Waals surface area contributed by atoms with Gasteiger partial charge in [-0.2, -0.15) is 0 Å². The van der Waals surface area contributed by atoms with Gasteiger partial charge in [0.05, 0.1) is 15.8 Å². The Balaban J connectivity index is 0.000000210. The van der Waals surface area contributed by atoms with Gasteiger partial charge in [0.2, 0.25) is 0 Å². The van der Waals surface area contributed by atoms with Crippen LogP contribution < -0.4 is 5.63 Å². The van der Waals surface area contributed by atoms with Crippen LogP contribution in [0.5, 0.6) is 0 Å². The van der Waals surface area contributed by atoms with Crippen LogP contribution >= 0.6 is 0 Å². The van der Waals surface area contributed by atoms with E-state index in [9.17, 15) is 17.8 Å². The first-order valence-corrected chi connectivity index (χ1v) is 18.9. The van der Waals surface area contributed by atoms with Crippen molar-refractivity contribution in [2.75, 3.05) is 0 Å². The lowest BCUT2D eigenvalue weighted by atomic mass is 10.0. The molecule has 4 aromatic carbocycles. The lowest BCUT2D eigenvalue weighted by molar-refractivity contribution is 0.463. The van der Waals surface area contributed by atoms with Gasteiger partial charge in [-0.3, -0.25) is 0 Å². The summed E-state index contributed by atoms with van der Waals surface area (Å²) in [4.78, 5) is 15.0. The number of unbranched alkanes of at least 4 members (excludes halogenated alkanes) is 9. The Labute approximate surface area is 276 Å². The number of rotatable bonds is 15. The summed E-state index contributed by atoms with van der Waals surface area (Å²) >= 11 is 0. The Bertz CT molecular complexity index is 1730. The van der Waals surface area contributed by atoms with Crippen molar-refractivity contribution < 1.29 is 17.4 Å². The van der Waals surface area contributed by atoms with E-state index in [-0.39, 0.29) is 21.4 Å². The fourth-order valence-electron chi connectivity index (χ4n) is 5.33. The van der Waals surface area contributed by atoms with E-state index < -0.39 is 10.1 Å². The van der Waals surface area contributed by atoms with E-state index in [1.165, 1.54) is 85.8 Å². The van der Waals surface area contributed by atoms with Crippen LogP contribution in [-0.4, -0.2) is 13.0 Å². The van der Waals surface area contributed by atoms with Gasteiger partial charge in [-0.1, -0.05) is 113 Å². The summed E-state index contributed by atoms with van der Waals surface area (Å²) in [7, 11) is -4.55. The average molecular weight is 657 g/mol. The molecule has 242 valence electrons. The van der Waals surface area contributed by atoms with Crippen LogP contribution in [0.2, 0.25) is 0 Å². The molecule has 5 nitrogen and oxygen atoms in total. The first kappa shape index (κ1) is 35.2. The van der Waals surface area contributed by atoms with Crippen LogP contribution in [0.15, 0.2) is 144 Å². The van der Waals surface area contributed by atoms with E-state index in [0.717, 1.165) is 28.7 Å². The molecule has 0 atom stereocenters. The van der Waals surface area contributed by atoms with E-state index in [2.05, 4.69) is 61.5 Å². The van der Waals surface area contributed by atoms with Crippen LogP contribution in [0.3, 0.4) is 0 Å². The van der Waals surface area contributed by atoms with E-state index in [1.54, 1.807) is 18.2 Å². The lowest BCUT2D eigenvalue weighted by Crippen LogP contribution is -2.05. The molecule has 0 aliphatic rings. The molecule has 1 aromatic heterocycles. The average Bonchev–Trinajstić information content (AvgIpc) is 3.07. The number of fused-ring (bicyclic) bond motifs is 1. The van der Waals surface area contributed by atoms with Gasteiger partial charge < -0.3 is 8.97 Å². The van der Waals surface area contributed by atoms with Crippen molar-refractivity contribution in [1.29, 1.82) is 0 Å². The topological polar surface area (TPSA) is 87.4 Å². The SMILES string of the molecule is CCCCCCCCCCCCc1ccc(S(=O)(=O)[O-])cc1.O=c1ccc2ccc([S+](c3ccccc3)c3ccccc3)cc2o1. The van der Waals surface area contributed by atoms with Crippen molar-refractivity contribution in [1.82, 2.24) is 0 Å². The van der Waals surface area contributed by atoms with Crippen LogP contribution in [-0.2, 0) is 27.4 Å². The standard InChI is InChI=1S/C21H15O2S.C18H30O3S/c22-21-14-12-16-11-13-19(15-20(16)23-21)24(17-7-3-1-4-8-17)18-9-5-2-6-10-18;1-2-3-4-5-6-7-8-9-10-11-12-17-13-15-18(16-14-17)22(19,20)21/h1-15H;13-16H,2-12H2,1H3,(H,19,20,21)/q+1;/p-1. The second-order valence-corrected chi connectivity index (χ2v) is 14.8. The molecule has 0 fully saturated rings. The Hall–Kier alpha value is -3.65. The molecule has 1 heterocycles. The molecule has 5 rings (SSSR count). The number of aryl methyl sites for hydroxylation is 1. The van der Waals surface area contributed by atoms with Gasteiger partial charge in [0.25, 0.3) is 0 Å². The molecular formula is C39H44O5S2. The third-order valence-corrected chi connectivity index (χ3v) is 10.9. The van der Waals surface area contributed by atoms with Crippen molar-refractivity contribution in [3.63, 3.8) is 0 Å². The molecule has 7 heteroatoms. The molecule has 0 aliphatic carbocycles. The van der Waals surface area contributed by atoms with Crippen molar-refractivity contribution >= 4 is 32.0 Å². The Morgan fingerprint density at radius 2 is 1.13 bits per heavy atom. The minimum Gasteiger partial charge on any atom is -0.744 e. The first-order chi connectivity index (χ1) is 22.3. The fraction of sp³-hybridized carbons (Fsp3) is 0.308. The van der Waals surface area contributed by atoms with E-state index in [4.69, 9.17) is 4.42 Å². The molecule has 0 bridgehead atoms. The highest BCUT2D eigenvalue weighted by Crippen LogP contribution is 2.32. The molecule has 0 saturated heterocycles. The van der Waals surface area contributed by atoms with E-state index >= 15 is 0 Å². The normalized spacial score (nSPS) is 11.4. The molecule has 0 radical (unpaired) electrons. The van der Waals surface area contributed by atoms with Gasteiger partial charge in [0.15, 0.2) is 14.7 Å². The Kier molecular flexibility index (Phi) is 14.1. The summed E-state index contributed by atoms with van der Waals surface area (Å²) in [5, 5.41) is 0.933. The van der Waals surface area contributed by atoms with Gasteiger partial charge in [-0.15, -0.1) is 0 Å². The maximum Gasteiger partial charge on any atom is 0.336 e. The zero-order chi connectivity index (χ0) is 32.6. The monoisotopic (exact) mass is 656 g/mol. The predicted octanol–water partition coefficient (Wildman–Crippen LogP) is 9.94. The minimum atomic E-state index is -4.31. The molecule has 0 amide bonds. The van der Waals surface area contributed by atoms with Gasteiger partial charge >= 0.3 is 5.63 Å². The largest absolute Gasteiger partial charge is 0.744 e. The van der Waals surface area contributed by atoms with E-state index in [1.807, 2.05) is 24.3 Å². The second kappa shape index (κ2) is 18.5. The highest BCUT2D eigenvalue weighted by atomic mass is 32.2. The van der Waals surface area contributed by atoms with E-state index in [0.29, 0.717) is 5.58 Å². The predicted molar refractivity (Wildman–Crippen MR) is 187 cm³/mol. The van der Waals surface area contributed by atoms with Crippen LogP contribution in [0, 0.1) is 0 Å². The quantitative estimate of drug-likeness (QED) is 0.0484. The van der Waals surface area contributed by atoms with Crippen molar-refractivity contribution in [2.45, 2.75) is 97.1 Å². The smallest absolute Gasteiger partial charge is 0.336 e. The molecule has 46 heavy (non-hydrogen) atoms. The highest BCUT2D eigenvalue weighted by molar-refractivity contribution is 7.97. The molecule has 0 saturated carbocycles. The summed E-state index contributed by atoms with van der Waals surface area (Å²) in [5.41, 5.74) is 1.41. The molecule has 0 aliphatic heterocycles. The minimum absolute atomic E-state index is 0.140. The zero-order valence-electron chi connectivity index (χ0n) is 26.6. The number of hydrogen-bond acceptors (Lipinski definition) is 5. The zero-order valence-corrected chi connectivity index (χ0v) is 28.2. The number of hydrogen-bond donors (Lipinski definition) is 0. The summed E-state index contributed by atoms with van der Waals surface area (Å²) in [6, 6.07) is 36.5. The van der Waals surface area contributed by atoms with Crippen LogP contribution in [0.1, 0.15) is 76.7 Å². The van der Waals surface area contributed by atoms with Crippen LogP contribution in [0.25, 0.3) is 11.0 Å². The summed E-state index contributed by atoms with van der Waals surface area (Å²) in [6.45, 7) is 2.24. The van der Waals surface area contributed by atoms with Gasteiger partial charge in [-0.25, -0.2) is 13.2 Å². The summed E-state index contributed by atoms with van der Waals surface area (Å²) in [5.74, 6) is 0. The highest BCUT2D eigenvalue weighted by Gasteiger charge is 2.28. The molecule has 0 N–H and O–H groups in total.